The van der Waals surface area contributed by atoms with Crippen LogP contribution < -0.4 is 5.32 Å². The van der Waals surface area contributed by atoms with Crippen molar-refractivity contribution in [3.8, 4) is 0 Å². The number of hydrogen-bond donors (Lipinski definition) is 1. The third kappa shape index (κ3) is 3.81. The molecule has 110 valence electrons. The first-order valence-corrected chi connectivity index (χ1v) is 7.23. The molecule has 1 aliphatic rings. The second kappa shape index (κ2) is 6.86. The summed E-state index contributed by atoms with van der Waals surface area (Å²) < 4.78 is 4.87. The zero-order chi connectivity index (χ0) is 14.5. The summed E-state index contributed by atoms with van der Waals surface area (Å²) in [5.74, 6) is -0.171. The highest BCUT2D eigenvalue weighted by Gasteiger charge is 2.23. The summed E-state index contributed by atoms with van der Waals surface area (Å²) in [6.45, 7) is 6.94. The Morgan fingerprint density at radius 3 is 2.40 bits per heavy atom. The van der Waals surface area contributed by atoms with Crippen molar-refractivity contribution in [2.75, 3.05) is 13.7 Å². The lowest BCUT2D eigenvalue weighted by molar-refractivity contribution is -0.143. The van der Waals surface area contributed by atoms with Gasteiger partial charge in [0.05, 0.1) is 7.11 Å². The smallest absolute Gasteiger partial charge is 0.322 e. The molecule has 1 aromatic rings. The van der Waals surface area contributed by atoms with Crippen LogP contribution in [0, 0.1) is 0 Å². The van der Waals surface area contributed by atoms with E-state index in [2.05, 4.69) is 34.5 Å². The van der Waals surface area contributed by atoms with Gasteiger partial charge in [-0.3, -0.25) is 9.69 Å². The van der Waals surface area contributed by atoms with Gasteiger partial charge in [-0.15, -0.1) is 0 Å². The van der Waals surface area contributed by atoms with E-state index in [4.69, 9.17) is 4.74 Å². The monoisotopic (exact) mass is 276 g/mol. The number of benzene rings is 1. The van der Waals surface area contributed by atoms with Crippen LogP contribution >= 0.6 is 0 Å². The molecule has 1 aliphatic heterocycles. The fourth-order valence-corrected chi connectivity index (χ4v) is 2.69. The molecule has 0 saturated carbocycles. The molecule has 0 saturated heterocycles. The Labute approximate surface area is 121 Å². The van der Waals surface area contributed by atoms with Gasteiger partial charge in [-0.2, -0.15) is 0 Å². The maximum absolute atomic E-state index is 11.8. The van der Waals surface area contributed by atoms with Gasteiger partial charge in [0.15, 0.2) is 0 Å². The topological polar surface area (TPSA) is 41.6 Å². The van der Waals surface area contributed by atoms with Gasteiger partial charge in [0.25, 0.3) is 0 Å². The molecule has 0 bridgehead atoms. The van der Waals surface area contributed by atoms with Gasteiger partial charge in [-0.25, -0.2) is 0 Å². The van der Waals surface area contributed by atoms with E-state index in [1.807, 2.05) is 13.8 Å². The summed E-state index contributed by atoms with van der Waals surface area (Å²) in [7, 11) is 1.45. The van der Waals surface area contributed by atoms with Crippen molar-refractivity contribution >= 4 is 5.97 Å². The SMILES string of the molecule is COC(=O)C(CCN1Cc2ccccc2C1)NC(C)C. The minimum atomic E-state index is -0.219. The number of ether oxygens (including phenoxy) is 1. The fourth-order valence-electron chi connectivity index (χ4n) is 2.69. The summed E-state index contributed by atoms with van der Waals surface area (Å²) in [5.41, 5.74) is 2.80. The predicted octanol–water partition coefficient (Wildman–Crippen LogP) is 1.93. The van der Waals surface area contributed by atoms with E-state index < -0.39 is 0 Å². The molecule has 20 heavy (non-hydrogen) atoms. The Bertz CT molecular complexity index is 435. The first-order valence-electron chi connectivity index (χ1n) is 7.23. The molecular weight excluding hydrogens is 252 g/mol. The Balaban J connectivity index is 1.86. The number of rotatable bonds is 6. The van der Waals surface area contributed by atoms with Gasteiger partial charge in [-0.1, -0.05) is 38.1 Å². The summed E-state index contributed by atoms with van der Waals surface area (Å²) in [6.07, 6.45) is 0.777. The van der Waals surface area contributed by atoms with Crippen LogP contribution in [0.2, 0.25) is 0 Å². The van der Waals surface area contributed by atoms with Gasteiger partial charge in [0, 0.05) is 25.7 Å². The van der Waals surface area contributed by atoms with E-state index in [-0.39, 0.29) is 18.1 Å². The van der Waals surface area contributed by atoms with E-state index >= 15 is 0 Å². The van der Waals surface area contributed by atoms with Crippen LogP contribution in [0.5, 0.6) is 0 Å². The highest BCUT2D eigenvalue weighted by molar-refractivity contribution is 5.75. The third-order valence-electron chi connectivity index (χ3n) is 3.66. The van der Waals surface area contributed by atoms with E-state index in [1.54, 1.807) is 0 Å². The number of esters is 1. The lowest BCUT2D eigenvalue weighted by atomic mass is 10.1. The largest absolute Gasteiger partial charge is 0.468 e. The molecule has 1 aromatic carbocycles. The van der Waals surface area contributed by atoms with Crippen molar-refractivity contribution < 1.29 is 9.53 Å². The standard InChI is InChI=1S/C16H24N2O2/c1-12(2)17-15(16(19)20-3)8-9-18-10-13-6-4-5-7-14(13)11-18/h4-7,12,15,17H,8-11H2,1-3H3. The van der Waals surface area contributed by atoms with E-state index in [0.29, 0.717) is 0 Å². The normalized spacial score (nSPS) is 16.2. The molecule has 1 atom stereocenters. The number of carbonyl (C=O) groups excluding carboxylic acids is 1. The third-order valence-corrected chi connectivity index (χ3v) is 3.66. The fraction of sp³-hybridized carbons (Fsp3) is 0.562. The Morgan fingerprint density at radius 2 is 1.90 bits per heavy atom. The zero-order valence-electron chi connectivity index (χ0n) is 12.6. The van der Waals surface area contributed by atoms with Crippen molar-refractivity contribution in [1.82, 2.24) is 10.2 Å². The Kier molecular flexibility index (Phi) is 5.15. The Hall–Kier alpha value is -1.39. The van der Waals surface area contributed by atoms with E-state index in [0.717, 1.165) is 26.1 Å². The molecule has 1 N–H and O–H groups in total. The highest BCUT2D eigenvalue weighted by Crippen LogP contribution is 2.22. The minimum absolute atomic E-state index is 0.171. The second-order valence-electron chi connectivity index (χ2n) is 5.67. The van der Waals surface area contributed by atoms with Gasteiger partial charge < -0.3 is 10.1 Å². The van der Waals surface area contributed by atoms with Gasteiger partial charge >= 0.3 is 5.97 Å². The second-order valence-corrected chi connectivity index (χ2v) is 5.67. The van der Waals surface area contributed by atoms with Crippen LogP contribution in [0.1, 0.15) is 31.4 Å². The molecule has 0 aliphatic carbocycles. The molecule has 0 radical (unpaired) electrons. The Morgan fingerprint density at radius 1 is 1.30 bits per heavy atom. The van der Waals surface area contributed by atoms with Crippen molar-refractivity contribution in [1.29, 1.82) is 0 Å². The summed E-state index contributed by atoms with van der Waals surface area (Å²) in [6, 6.07) is 8.58. The molecule has 0 aromatic heterocycles. The molecule has 0 fully saturated rings. The lowest BCUT2D eigenvalue weighted by Gasteiger charge is -2.22. The van der Waals surface area contributed by atoms with Crippen LogP contribution in [-0.4, -0.2) is 36.6 Å². The molecule has 2 rings (SSSR count). The van der Waals surface area contributed by atoms with Crippen LogP contribution in [-0.2, 0) is 22.6 Å². The van der Waals surface area contributed by atoms with E-state index in [1.165, 1.54) is 18.2 Å². The number of fused-ring (bicyclic) bond motifs is 1. The van der Waals surface area contributed by atoms with Crippen molar-refractivity contribution in [2.24, 2.45) is 0 Å². The summed E-state index contributed by atoms with van der Waals surface area (Å²) in [5, 5.41) is 3.27. The first-order chi connectivity index (χ1) is 9.60. The number of nitrogens with zero attached hydrogens (tertiary/aromatic N) is 1. The molecule has 1 heterocycles. The summed E-state index contributed by atoms with van der Waals surface area (Å²) in [4.78, 5) is 14.1. The molecule has 0 spiro atoms. The van der Waals surface area contributed by atoms with Crippen LogP contribution in [0.3, 0.4) is 0 Å². The van der Waals surface area contributed by atoms with Gasteiger partial charge in [0.1, 0.15) is 6.04 Å². The van der Waals surface area contributed by atoms with Crippen LogP contribution in [0.25, 0.3) is 0 Å². The van der Waals surface area contributed by atoms with E-state index in [9.17, 15) is 4.79 Å². The van der Waals surface area contributed by atoms with Crippen molar-refractivity contribution in [3.05, 3.63) is 35.4 Å². The number of methoxy groups -OCH3 is 1. The quantitative estimate of drug-likeness (QED) is 0.806. The highest BCUT2D eigenvalue weighted by atomic mass is 16.5. The number of hydrogen-bond acceptors (Lipinski definition) is 4. The molecule has 4 heteroatoms. The first kappa shape index (κ1) is 15.0. The minimum Gasteiger partial charge on any atom is -0.468 e. The van der Waals surface area contributed by atoms with Crippen LogP contribution in [0.15, 0.2) is 24.3 Å². The van der Waals surface area contributed by atoms with Crippen molar-refractivity contribution in [3.63, 3.8) is 0 Å². The maximum Gasteiger partial charge on any atom is 0.322 e. The molecule has 0 amide bonds. The van der Waals surface area contributed by atoms with Crippen molar-refractivity contribution in [2.45, 2.75) is 45.4 Å². The number of nitrogens with one attached hydrogen (secondary N) is 1. The van der Waals surface area contributed by atoms with Crippen LogP contribution in [0.4, 0.5) is 0 Å². The predicted molar refractivity (Wildman–Crippen MR) is 79.2 cm³/mol. The average Bonchev–Trinajstić information content (AvgIpc) is 2.84. The lowest BCUT2D eigenvalue weighted by Crippen LogP contribution is -2.43. The number of carbonyl (C=O) groups is 1. The molecule has 1 unspecified atom stereocenters. The molecule has 4 nitrogen and oxygen atoms in total. The van der Waals surface area contributed by atoms with Gasteiger partial charge in [0.2, 0.25) is 0 Å². The summed E-state index contributed by atoms with van der Waals surface area (Å²) >= 11 is 0. The van der Waals surface area contributed by atoms with Gasteiger partial charge in [-0.05, 0) is 17.5 Å². The zero-order valence-corrected chi connectivity index (χ0v) is 12.6. The molecular formula is C16H24N2O2. The maximum atomic E-state index is 11.8. The average molecular weight is 276 g/mol.